The van der Waals surface area contributed by atoms with Crippen LogP contribution in [0.1, 0.15) is 5.56 Å². The van der Waals surface area contributed by atoms with Gasteiger partial charge in [-0.3, -0.25) is 0 Å². The Hall–Kier alpha value is -0.710. The van der Waals surface area contributed by atoms with Crippen LogP contribution in [0, 0.1) is 6.26 Å². The maximum Gasteiger partial charge on any atom is 0.417 e. The third kappa shape index (κ3) is 2.14. The van der Waals surface area contributed by atoms with Crippen LogP contribution in [-0.2, 0) is 6.18 Å². The van der Waals surface area contributed by atoms with E-state index in [2.05, 4.69) is 11.2 Å². The molecule has 5 heteroatoms. The van der Waals surface area contributed by atoms with Crippen LogP contribution in [0.15, 0.2) is 23.4 Å². The van der Waals surface area contributed by atoms with E-state index in [1.54, 1.807) is 0 Å². The van der Waals surface area contributed by atoms with Gasteiger partial charge in [-0.25, -0.2) is 4.98 Å². The van der Waals surface area contributed by atoms with Gasteiger partial charge in [-0.2, -0.15) is 13.2 Å². The molecule has 0 atom stereocenters. The van der Waals surface area contributed by atoms with Crippen molar-refractivity contribution < 1.29 is 13.2 Å². The van der Waals surface area contributed by atoms with E-state index in [4.69, 9.17) is 0 Å². The van der Waals surface area contributed by atoms with Gasteiger partial charge in [-0.15, -0.1) is 11.8 Å². The predicted octanol–water partition coefficient (Wildman–Crippen LogP) is 2.98. The number of nitrogens with zero attached hydrogens (tertiary/aromatic N) is 1. The Morgan fingerprint density at radius 2 is 2.00 bits per heavy atom. The molecule has 0 saturated heterocycles. The minimum atomic E-state index is -4.31. The maximum atomic E-state index is 12.0. The van der Waals surface area contributed by atoms with Gasteiger partial charge >= 0.3 is 6.18 Å². The van der Waals surface area contributed by atoms with Crippen molar-refractivity contribution in [1.29, 1.82) is 0 Å². The molecule has 1 aromatic rings. The smallest absolute Gasteiger partial charge is 0.249 e. The molecule has 0 aliphatic heterocycles. The average Bonchev–Trinajstić information content (AvgIpc) is 2.03. The molecule has 0 unspecified atom stereocenters. The molecule has 1 rings (SSSR count). The van der Waals surface area contributed by atoms with E-state index in [-0.39, 0.29) is 0 Å². The lowest BCUT2D eigenvalue weighted by molar-refractivity contribution is -0.137. The minimum Gasteiger partial charge on any atom is -0.249 e. The van der Waals surface area contributed by atoms with Gasteiger partial charge in [0.15, 0.2) is 0 Å². The van der Waals surface area contributed by atoms with Crippen LogP contribution in [0.4, 0.5) is 13.2 Å². The largest absolute Gasteiger partial charge is 0.417 e. The number of halogens is 3. The maximum absolute atomic E-state index is 12.0. The molecule has 0 saturated carbocycles. The summed E-state index contributed by atoms with van der Waals surface area (Å²) in [5, 5.41) is 0.475. The third-order valence-electron chi connectivity index (χ3n) is 1.21. The lowest BCUT2D eigenvalue weighted by atomic mass is 10.3. The zero-order chi connectivity index (χ0) is 9.19. The molecule has 0 N–H and O–H groups in total. The fraction of sp³-hybridized carbons (Fsp3) is 0.143. The van der Waals surface area contributed by atoms with Crippen LogP contribution >= 0.6 is 11.8 Å². The van der Waals surface area contributed by atoms with Crippen LogP contribution in [-0.4, -0.2) is 4.98 Å². The molecule has 1 aromatic heterocycles. The number of thioether (sulfide) groups is 1. The zero-order valence-electron chi connectivity index (χ0n) is 5.93. The molecule has 0 amide bonds. The number of pyridine rings is 1. The zero-order valence-corrected chi connectivity index (χ0v) is 6.75. The number of rotatable bonds is 1. The molecule has 0 spiro atoms. The molecule has 0 aliphatic carbocycles. The summed E-state index contributed by atoms with van der Waals surface area (Å²) in [6.07, 6.45) is -0.0884. The molecule has 0 aromatic carbocycles. The Kier molecular flexibility index (Phi) is 2.62. The summed E-state index contributed by atoms with van der Waals surface area (Å²) >= 11 is 1.06. The SMILES string of the molecule is [CH2]Sc1ccc(C(F)(F)F)cn1. The van der Waals surface area contributed by atoms with Gasteiger partial charge in [-0.05, 0) is 12.1 Å². The van der Waals surface area contributed by atoms with E-state index in [0.717, 1.165) is 24.0 Å². The van der Waals surface area contributed by atoms with Crippen molar-refractivity contribution in [2.45, 2.75) is 11.2 Å². The molecule has 0 fully saturated rings. The Morgan fingerprint density at radius 1 is 1.33 bits per heavy atom. The Balaban J connectivity index is 2.93. The highest BCUT2D eigenvalue weighted by molar-refractivity contribution is 8.00. The fourth-order valence-corrected chi connectivity index (χ4v) is 0.925. The van der Waals surface area contributed by atoms with E-state index in [1.807, 2.05) is 0 Å². The van der Waals surface area contributed by atoms with E-state index in [9.17, 15) is 13.2 Å². The lowest BCUT2D eigenvalue weighted by Gasteiger charge is -2.05. The highest BCUT2D eigenvalue weighted by Gasteiger charge is 2.30. The molecule has 65 valence electrons. The van der Waals surface area contributed by atoms with Gasteiger partial charge in [0.05, 0.1) is 10.6 Å². The van der Waals surface area contributed by atoms with Gasteiger partial charge in [0, 0.05) is 12.5 Å². The standard InChI is InChI=1S/C7H5F3NS/c1-12-6-3-2-5(4-11-6)7(8,9)10/h2-4H,1H2. The topological polar surface area (TPSA) is 12.9 Å². The quantitative estimate of drug-likeness (QED) is 0.634. The normalized spacial score (nSPS) is 11.7. The Bertz CT molecular complexity index is 254. The van der Waals surface area contributed by atoms with Crippen LogP contribution < -0.4 is 0 Å². The molecular formula is C7H5F3NS. The van der Waals surface area contributed by atoms with Crippen molar-refractivity contribution in [3.63, 3.8) is 0 Å². The van der Waals surface area contributed by atoms with Gasteiger partial charge < -0.3 is 0 Å². The first-order valence-corrected chi connectivity index (χ1v) is 3.98. The Morgan fingerprint density at radius 3 is 2.33 bits per heavy atom. The van der Waals surface area contributed by atoms with Gasteiger partial charge in [0.1, 0.15) is 0 Å². The minimum absolute atomic E-state index is 0.475. The van der Waals surface area contributed by atoms with Crippen molar-refractivity contribution in [3.05, 3.63) is 30.1 Å². The molecule has 0 aliphatic rings. The summed E-state index contributed by atoms with van der Waals surface area (Å²) in [6, 6.07) is 2.28. The van der Waals surface area contributed by atoms with E-state index in [1.165, 1.54) is 6.07 Å². The number of alkyl halides is 3. The highest BCUT2D eigenvalue weighted by atomic mass is 32.2. The molecule has 0 bridgehead atoms. The van der Waals surface area contributed by atoms with Crippen LogP contribution in [0.5, 0.6) is 0 Å². The second kappa shape index (κ2) is 3.35. The summed E-state index contributed by atoms with van der Waals surface area (Å²) in [5.74, 6) is 0. The van der Waals surface area contributed by atoms with Crippen LogP contribution in [0.25, 0.3) is 0 Å². The van der Waals surface area contributed by atoms with Gasteiger partial charge in [0.25, 0.3) is 0 Å². The predicted molar refractivity (Wildman–Crippen MR) is 40.5 cm³/mol. The first-order chi connectivity index (χ1) is 5.54. The fourth-order valence-electron chi connectivity index (χ4n) is 0.633. The number of aromatic nitrogens is 1. The van der Waals surface area contributed by atoms with E-state index in [0.29, 0.717) is 5.03 Å². The summed E-state index contributed by atoms with van der Waals surface area (Å²) in [6.45, 7) is 0. The molecule has 1 radical (unpaired) electrons. The summed E-state index contributed by atoms with van der Waals surface area (Å²) in [5.41, 5.74) is -0.736. The molecule has 1 nitrogen and oxygen atoms in total. The van der Waals surface area contributed by atoms with Crippen molar-refractivity contribution >= 4 is 11.8 Å². The van der Waals surface area contributed by atoms with Crippen LogP contribution in [0.3, 0.4) is 0 Å². The Labute approximate surface area is 72.0 Å². The van der Waals surface area contributed by atoms with E-state index >= 15 is 0 Å². The van der Waals surface area contributed by atoms with Gasteiger partial charge in [0.2, 0.25) is 0 Å². The van der Waals surface area contributed by atoms with E-state index < -0.39 is 11.7 Å². The third-order valence-corrected chi connectivity index (χ3v) is 1.75. The number of hydrogen-bond acceptors (Lipinski definition) is 2. The molecular weight excluding hydrogens is 187 g/mol. The lowest BCUT2D eigenvalue weighted by Crippen LogP contribution is -2.04. The summed E-state index contributed by atoms with van der Waals surface area (Å²) < 4.78 is 35.9. The second-order valence-corrected chi connectivity index (χ2v) is 2.73. The van der Waals surface area contributed by atoms with Crippen molar-refractivity contribution in [2.75, 3.05) is 0 Å². The van der Waals surface area contributed by atoms with Gasteiger partial charge in [-0.1, -0.05) is 0 Å². The second-order valence-electron chi connectivity index (χ2n) is 2.03. The monoisotopic (exact) mass is 192 g/mol. The van der Waals surface area contributed by atoms with Crippen LogP contribution in [0.2, 0.25) is 0 Å². The first-order valence-electron chi connectivity index (χ1n) is 2.99. The van der Waals surface area contributed by atoms with Crippen molar-refractivity contribution in [3.8, 4) is 0 Å². The summed E-state index contributed by atoms with van der Waals surface area (Å²) in [7, 11) is 0. The van der Waals surface area contributed by atoms with Crippen molar-refractivity contribution in [1.82, 2.24) is 4.98 Å². The highest BCUT2D eigenvalue weighted by Crippen LogP contribution is 2.29. The average molecular weight is 192 g/mol. The molecule has 1 heterocycles. The number of hydrogen-bond donors (Lipinski definition) is 0. The summed E-state index contributed by atoms with van der Waals surface area (Å²) in [4.78, 5) is 3.54. The molecule has 12 heavy (non-hydrogen) atoms. The van der Waals surface area contributed by atoms with Crippen molar-refractivity contribution in [2.24, 2.45) is 0 Å². The first kappa shape index (κ1) is 9.38.